The van der Waals surface area contributed by atoms with Crippen molar-refractivity contribution in [3.05, 3.63) is 29.8 Å². The highest BCUT2D eigenvalue weighted by Crippen LogP contribution is 2.12. The van der Waals surface area contributed by atoms with E-state index in [4.69, 9.17) is 4.74 Å². The molecular formula is C15H23NO3. The van der Waals surface area contributed by atoms with Crippen LogP contribution < -0.4 is 10.1 Å². The predicted octanol–water partition coefficient (Wildman–Crippen LogP) is 2.02. The fourth-order valence-corrected chi connectivity index (χ4v) is 1.46. The van der Waals surface area contributed by atoms with Gasteiger partial charge in [-0.3, -0.25) is 4.79 Å². The first-order valence-electron chi connectivity index (χ1n) is 6.45. The number of hydrogen-bond donors (Lipinski definition) is 2. The number of aliphatic hydroxyl groups is 1. The Morgan fingerprint density at radius 2 is 1.89 bits per heavy atom. The number of ketones is 1. The van der Waals surface area contributed by atoms with Crippen LogP contribution in [0.25, 0.3) is 0 Å². The molecule has 1 aromatic rings. The normalized spacial score (nSPS) is 13.1. The van der Waals surface area contributed by atoms with Crippen LogP contribution in [0, 0.1) is 0 Å². The van der Waals surface area contributed by atoms with Crippen LogP contribution in [0.4, 0.5) is 0 Å². The minimum atomic E-state index is -0.563. The number of carbonyl (C=O) groups excluding carboxylic acids is 1. The molecule has 0 saturated carbocycles. The zero-order valence-electron chi connectivity index (χ0n) is 12.1. The molecule has 4 heteroatoms. The van der Waals surface area contributed by atoms with Crippen LogP contribution in [-0.4, -0.2) is 35.7 Å². The summed E-state index contributed by atoms with van der Waals surface area (Å²) in [4.78, 5) is 11.1. The fraction of sp³-hybridized carbons (Fsp3) is 0.533. The number of Topliss-reactive ketones (excluding diaryl/α,β-unsaturated/α-hetero) is 1. The maximum atomic E-state index is 11.1. The molecule has 0 unspecified atom stereocenters. The smallest absolute Gasteiger partial charge is 0.159 e. The van der Waals surface area contributed by atoms with Crippen molar-refractivity contribution in [3.63, 3.8) is 0 Å². The SMILES string of the molecule is CC(=O)c1ccc(OC[C@@H](O)CNC(C)(C)C)cc1. The van der Waals surface area contributed by atoms with Gasteiger partial charge in [-0.25, -0.2) is 0 Å². The van der Waals surface area contributed by atoms with E-state index in [1.807, 2.05) is 20.8 Å². The van der Waals surface area contributed by atoms with Gasteiger partial charge < -0.3 is 15.2 Å². The third kappa shape index (κ3) is 6.36. The molecule has 1 atom stereocenters. The molecule has 0 heterocycles. The molecule has 0 aliphatic rings. The van der Waals surface area contributed by atoms with Gasteiger partial charge in [0.25, 0.3) is 0 Å². The van der Waals surface area contributed by atoms with Crippen LogP contribution in [-0.2, 0) is 0 Å². The van der Waals surface area contributed by atoms with Gasteiger partial charge in [-0.05, 0) is 52.0 Å². The van der Waals surface area contributed by atoms with Crippen LogP contribution in [0.3, 0.4) is 0 Å². The van der Waals surface area contributed by atoms with Gasteiger partial charge in [-0.1, -0.05) is 0 Å². The zero-order valence-corrected chi connectivity index (χ0v) is 12.1. The molecule has 0 spiro atoms. The molecule has 106 valence electrons. The largest absolute Gasteiger partial charge is 0.491 e. The lowest BCUT2D eigenvalue weighted by Gasteiger charge is -2.22. The third-order valence-corrected chi connectivity index (χ3v) is 2.57. The van der Waals surface area contributed by atoms with Crippen molar-refractivity contribution in [2.45, 2.75) is 39.3 Å². The van der Waals surface area contributed by atoms with E-state index in [0.717, 1.165) is 0 Å². The van der Waals surface area contributed by atoms with E-state index in [9.17, 15) is 9.90 Å². The number of aliphatic hydroxyl groups excluding tert-OH is 1. The summed E-state index contributed by atoms with van der Waals surface area (Å²) in [6.45, 7) is 8.36. The number of nitrogens with one attached hydrogen (secondary N) is 1. The molecule has 0 aliphatic carbocycles. The van der Waals surface area contributed by atoms with E-state index in [-0.39, 0.29) is 17.9 Å². The lowest BCUT2D eigenvalue weighted by molar-refractivity contribution is 0.0995. The molecule has 0 bridgehead atoms. The fourth-order valence-electron chi connectivity index (χ4n) is 1.46. The zero-order chi connectivity index (χ0) is 14.5. The van der Waals surface area contributed by atoms with Gasteiger partial charge in [0.2, 0.25) is 0 Å². The molecule has 0 fully saturated rings. The van der Waals surface area contributed by atoms with Crippen molar-refractivity contribution in [2.24, 2.45) is 0 Å². The van der Waals surface area contributed by atoms with Gasteiger partial charge in [-0.2, -0.15) is 0 Å². The minimum Gasteiger partial charge on any atom is -0.491 e. The Balaban J connectivity index is 2.37. The van der Waals surface area contributed by atoms with Gasteiger partial charge in [0, 0.05) is 17.6 Å². The molecular weight excluding hydrogens is 242 g/mol. The molecule has 2 N–H and O–H groups in total. The molecule has 1 rings (SSSR count). The lowest BCUT2D eigenvalue weighted by Crippen LogP contribution is -2.42. The number of hydrogen-bond acceptors (Lipinski definition) is 4. The second kappa shape index (κ2) is 6.68. The van der Waals surface area contributed by atoms with Crippen molar-refractivity contribution in [2.75, 3.05) is 13.2 Å². The molecule has 4 nitrogen and oxygen atoms in total. The van der Waals surface area contributed by atoms with Gasteiger partial charge in [0.05, 0.1) is 0 Å². The standard InChI is InChI=1S/C15H23NO3/c1-11(17)12-5-7-14(8-6-12)19-10-13(18)9-16-15(2,3)4/h5-8,13,16,18H,9-10H2,1-4H3/t13-/m0/s1. The Labute approximate surface area is 114 Å². The van der Waals surface area contributed by atoms with Gasteiger partial charge in [0.1, 0.15) is 18.5 Å². The highest BCUT2D eigenvalue weighted by molar-refractivity contribution is 5.94. The summed E-state index contributed by atoms with van der Waals surface area (Å²) in [5, 5.41) is 13.0. The number of rotatable bonds is 6. The first-order chi connectivity index (χ1) is 8.78. The maximum absolute atomic E-state index is 11.1. The van der Waals surface area contributed by atoms with Crippen LogP contribution >= 0.6 is 0 Å². The van der Waals surface area contributed by atoms with E-state index in [2.05, 4.69) is 5.32 Å². The Morgan fingerprint density at radius 3 is 2.37 bits per heavy atom. The summed E-state index contributed by atoms with van der Waals surface area (Å²) in [5.41, 5.74) is 0.631. The van der Waals surface area contributed by atoms with Crippen molar-refractivity contribution >= 4 is 5.78 Å². The monoisotopic (exact) mass is 265 g/mol. The second-order valence-corrected chi connectivity index (χ2v) is 5.68. The predicted molar refractivity (Wildman–Crippen MR) is 75.7 cm³/mol. The maximum Gasteiger partial charge on any atom is 0.159 e. The molecule has 0 saturated heterocycles. The van der Waals surface area contributed by atoms with Crippen molar-refractivity contribution in [3.8, 4) is 5.75 Å². The number of carbonyl (C=O) groups is 1. The molecule has 0 amide bonds. The van der Waals surface area contributed by atoms with Crippen LogP contribution in [0.2, 0.25) is 0 Å². The number of ether oxygens (including phenoxy) is 1. The number of benzene rings is 1. The first kappa shape index (κ1) is 15.7. The Kier molecular flexibility index (Phi) is 5.51. The summed E-state index contributed by atoms with van der Waals surface area (Å²) in [6.07, 6.45) is -0.563. The van der Waals surface area contributed by atoms with Crippen molar-refractivity contribution in [1.82, 2.24) is 5.32 Å². The third-order valence-electron chi connectivity index (χ3n) is 2.57. The minimum absolute atomic E-state index is 0.0237. The average Bonchev–Trinajstić information content (AvgIpc) is 2.33. The summed E-state index contributed by atoms with van der Waals surface area (Å²) in [6, 6.07) is 6.91. The Hall–Kier alpha value is -1.39. The van der Waals surface area contributed by atoms with E-state index in [1.165, 1.54) is 6.92 Å². The lowest BCUT2D eigenvalue weighted by atomic mass is 10.1. The van der Waals surface area contributed by atoms with Crippen LogP contribution in [0.1, 0.15) is 38.1 Å². The second-order valence-electron chi connectivity index (χ2n) is 5.68. The highest BCUT2D eigenvalue weighted by atomic mass is 16.5. The molecule has 0 aliphatic heterocycles. The molecule has 1 aromatic carbocycles. The van der Waals surface area contributed by atoms with E-state index in [0.29, 0.717) is 17.9 Å². The van der Waals surface area contributed by atoms with E-state index < -0.39 is 6.10 Å². The number of β-amino-alcohol motifs (C(OH)–C–C–N with tert-alkyl or cyclic N) is 1. The summed E-state index contributed by atoms with van der Waals surface area (Å²) in [5.74, 6) is 0.681. The Morgan fingerprint density at radius 1 is 1.32 bits per heavy atom. The molecule has 0 aromatic heterocycles. The summed E-state index contributed by atoms with van der Waals surface area (Å²) >= 11 is 0. The summed E-state index contributed by atoms with van der Waals surface area (Å²) < 4.78 is 5.47. The van der Waals surface area contributed by atoms with Crippen LogP contribution in [0.5, 0.6) is 5.75 Å². The topological polar surface area (TPSA) is 58.6 Å². The van der Waals surface area contributed by atoms with Gasteiger partial charge in [0.15, 0.2) is 5.78 Å². The highest BCUT2D eigenvalue weighted by Gasteiger charge is 2.12. The van der Waals surface area contributed by atoms with Crippen LogP contribution in [0.15, 0.2) is 24.3 Å². The van der Waals surface area contributed by atoms with Gasteiger partial charge in [-0.15, -0.1) is 0 Å². The average molecular weight is 265 g/mol. The van der Waals surface area contributed by atoms with Crippen molar-refractivity contribution in [1.29, 1.82) is 0 Å². The van der Waals surface area contributed by atoms with E-state index in [1.54, 1.807) is 24.3 Å². The quantitative estimate of drug-likeness (QED) is 0.773. The molecule has 0 radical (unpaired) electrons. The van der Waals surface area contributed by atoms with E-state index >= 15 is 0 Å². The summed E-state index contributed by atoms with van der Waals surface area (Å²) in [7, 11) is 0. The Bertz CT molecular complexity index is 406. The van der Waals surface area contributed by atoms with Crippen molar-refractivity contribution < 1.29 is 14.6 Å². The first-order valence-corrected chi connectivity index (χ1v) is 6.45. The molecule has 19 heavy (non-hydrogen) atoms. The van der Waals surface area contributed by atoms with Gasteiger partial charge >= 0.3 is 0 Å².